The second-order valence-electron chi connectivity index (χ2n) is 4.76. The molecular weight excluding hydrogens is 374 g/mol. The highest BCUT2D eigenvalue weighted by Crippen LogP contribution is 2.11. The van der Waals surface area contributed by atoms with Crippen molar-refractivity contribution in [3.05, 3.63) is 64.1 Å². The molecular formula is C17H16BrN3O3. The van der Waals surface area contributed by atoms with Crippen LogP contribution < -0.4 is 15.5 Å². The van der Waals surface area contributed by atoms with E-state index in [-0.39, 0.29) is 12.5 Å². The van der Waals surface area contributed by atoms with Crippen molar-refractivity contribution in [1.29, 1.82) is 0 Å². The van der Waals surface area contributed by atoms with Gasteiger partial charge in [0.25, 0.3) is 11.8 Å². The van der Waals surface area contributed by atoms with Gasteiger partial charge >= 0.3 is 0 Å². The number of hydrazone groups is 1. The first-order valence-corrected chi connectivity index (χ1v) is 7.87. The second kappa shape index (κ2) is 8.83. The van der Waals surface area contributed by atoms with Crippen LogP contribution >= 0.6 is 15.9 Å². The molecule has 6 nitrogen and oxygen atoms in total. The van der Waals surface area contributed by atoms with Gasteiger partial charge in [0.05, 0.1) is 19.9 Å². The van der Waals surface area contributed by atoms with Gasteiger partial charge in [0, 0.05) is 10.0 Å². The van der Waals surface area contributed by atoms with E-state index in [9.17, 15) is 9.59 Å². The highest BCUT2D eigenvalue weighted by atomic mass is 79.9. The summed E-state index contributed by atoms with van der Waals surface area (Å²) in [5.74, 6) is -0.0958. The maximum Gasteiger partial charge on any atom is 0.259 e. The van der Waals surface area contributed by atoms with Crippen LogP contribution in [0.3, 0.4) is 0 Å². The van der Waals surface area contributed by atoms with Crippen molar-refractivity contribution in [1.82, 2.24) is 10.7 Å². The first kappa shape index (κ1) is 17.7. The third-order valence-electron chi connectivity index (χ3n) is 3.03. The van der Waals surface area contributed by atoms with Gasteiger partial charge in [0.15, 0.2) is 0 Å². The zero-order valence-corrected chi connectivity index (χ0v) is 14.5. The van der Waals surface area contributed by atoms with E-state index in [2.05, 4.69) is 31.8 Å². The Kier molecular flexibility index (Phi) is 6.51. The van der Waals surface area contributed by atoms with E-state index in [1.54, 1.807) is 31.4 Å². The molecule has 0 fully saturated rings. The molecule has 0 saturated heterocycles. The summed E-state index contributed by atoms with van der Waals surface area (Å²) in [4.78, 5) is 23.6. The fraction of sp³-hybridized carbons (Fsp3) is 0.118. The number of ether oxygens (including phenoxy) is 1. The number of halogens is 1. The van der Waals surface area contributed by atoms with Crippen LogP contribution in [-0.4, -0.2) is 31.7 Å². The Morgan fingerprint density at radius 1 is 1.12 bits per heavy atom. The topological polar surface area (TPSA) is 79.8 Å². The molecule has 0 saturated carbocycles. The van der Waals surface area contributed by atoms with Crippen LogP contribution in [0, 0.1) is 0 Å². The number of carbonyl (C=O) groups is 2. The van der Waals surface area contributed by atoms with Gasteiger partial charge in [-0.1, -0.05) is 28.1 Å². The van der Waals surface area contributed by atoms with Crippen molar-refractivity contribution in [2.45, 2.75) is 0 Å². The fourth-order valence-electron chi connectivity index (χ4n) is 1.77. The van der Waals surface area contributed by atoms with Crippen LogP contribution in [0.1, 0.15) is 15.9 Å². The molecule has 0 aliphatic carbocycles. The minimum absolute atomic E-state index is 0.164. The van der Waals surface area contributed by atoms with Crippen LogP contribution in [-0.2, 0) is 4.79 Å². The summed E-state index contributed by atoms with van der Waals surface area (Å²) >= 11 is 3.34. The molecule has 0 bridgehead atoms. The Morgan fingerprint density at radius 3 is 2.42 bits per heavy atom. The van der Waals surface area contributed by atoms with Crippen molar-refractivity contribution in [3.8, 4) is 5.75 Å². The van der Waals surface area contributed by atoms with Crippen LogP contribution in [0.25, 0.3) is 0 Å². The summed E-state index contributed by atoms with van der Waals surface area (Å²) in [7, 11) is 1.55. The van der Waals surface area contributed by atoms with Gasteiger partial charge in [0.2, 0.25) is 0 Å². The first-order valence-electron chi connectivity index (χ1n) is 7.08. The Morgan fingerprint density at radius 2 is 1.79 bits per heavy atom. The third kappa shape index (κ3) is 5.51. The normalized spacial score (nSPS) is 10.4. The van der Waals surface area contributed by atoms with Crippen LogP contribution in [0.4, 0.5) is 0 Å². The molecule has 0 unspecified atom stereocenters. The lowest BCUT2D eigenvalue weighted by atomic mass is 10.2. The number of hydrogen-bond acceptors (Lipinski definition) is 4. The number of methoxy groups -OCH3 is 1. The number of carbonyl (C=O) groups excluding carboxylic acids is 2. The average Bonchev–Trinajstić information content (AvgIpc) is 2.61. The number of nitrogens with one attached hydrogen (secondary N) is 2. The Labute approximate surface area is 148 Å². The van der Waals surface area contributed by atoms with E-state index in [1.807, 2.05) is 24.3 Å². The molecule has 2 aromatic rings. The smallest absolute Gasteiger partial charge is 0.259 e. The van der Waals surface area contributed by atoms with Gasteiger partial charge in [0.1, 0.15) is 5.75 Å². The highest BCUT2D eigenvalue weighted by Gasteiger charge is 2.07. The van der Waals surface area contributed by atoms with E-state index >= 15 is 0 Å². The largest absolute Gasteiger partial charge is 0.497 e. The summed E-state index contributed by atoms with van der Waals surface area (Å²) in [6.07, 6.45) is 1.52. The summed E-state index contributed by atoms with van der Waals surface area (Å²) in [6.45, 7) is -0.164. The van der Waals surface area contributed by atoms with Gasteiger partial charge < -0.3 is 10.1 Å². The van der Waals surface area contributed by atoms with E-state index in [0.29, 0.717) is 11.3 Å². The van der Waals surface area contributed by atoms with Gasteiger partial charge in [-0.25, -0.2) is 5.43 Å². The molecule has 0 aromatic heterocycles. The van der Waals surface area contributed by atoms with Gasteiger partial charge in [-0.05, 0) is 42.0 Å². The quantitative estimate of drug-likeness (QED) is 0.587. The molecule has 2 rings (SSSR count). The van der Waals surface area contributed by atoms with Crippen molar-refractivity contribution in [2.75, 3.05) is 13.7 Å². The summed E-state index contributed by atoms with van der Waals surface area (Å²) in [6, 6.07) is 14.1. The van der Waals surface area contributed by atoms with Crippen LogP contribution in [0.5, 0.6) is 5.75 Å². The van der Waals surface area contributed by atoms with E-state index in [0.717, 1.165) is 10.0 Å². The highest BCUT2D eigenvalue weighted by molar-refractivity contribution is 9.10. The average molecular weight is 390 g/mol. The molecule has 24 heavy (non-hydrogen) atoms. The Balaban J connectivity index is 1.77. The number of amides is 2. The van der Waals surface area contributed by atoms with Crippen LogP contribution in [0.15, 0.2) is 58.1 Å². The van der Waals surface area contributed by atoms with Crippen molar-refractivity contribution >= 4 is 34.0 Å². The molecule has 124 valence electrons. The lowest BCUT2D eigenvalue weighted by Crippen LogP contribution is -2.34. The molecule has 2 amide bonds. The van der Waals surface area contributed by atoms with Crippen molar-refractivity contribution < 1.29 is 14.3 Å². The molecule has 2 N–H and O–H groups in total. The molecule has 0 aliphatic heterocycles. The second-order valence-corrected chi connectivity index (χ2v) is 5.67. The molecule has 2 aromatic carbocycles. The molecule has 0 aliphatic rings. The molecule has 0 radical (unpaired) electrons. The zero-order valence-electron chi connectivity index (χ0n) is 13.0. The predicted molar refractivity (Wildman–Crippen MR) is 95.2 cm³/mol. The van der Waals surface area contributed by atoms with E-state index < -0.39 is 5.91 Å². The third-order valence-corrected chi connectivity index (χ3v) is 3.56. The van der Waals surface area contributed by atoms with E-state index in [1.165, 1.54) is 6.21 Å². The molecule has 0 atom stereocenters. The van der Waals surface area contributed by atoms with Crippen LogP contribution in [0.2, 0.25) is 0 Å². The lowest BCUT2D eigenvalue weighted by Gasteiger charge is -2.05. The number of rotatable bonds is 6. The Hall–Kier alpha value is -2.67. The van der Waals surface area contributed by atoms with Crippen molar-refractivity contribution in [2.24, 2.45) is 5.10 Å². The maximum absolute atomic E-state index is 11.9. The standard InChI is InChI=1S/C17H16BrN3O3/c1-24-15-8-4-13(5-9-15)17(23)19-11-16(22)21-20-10-12-2-6-14(18)7-3-12/h2-10H,11H2,1H3,(H,19,23)(H,21,22)/b20-10-. The maximum atomic E-state index is 11.9. The fourth-order valence-corrected chi connectivity index (χ4v) is 2.04. The van der Waals surface area contributed by atoms with Gasteiger partial charge in [-0.3, -0.25) is 9.59 Å². The molecule has 7 heteroatoms. The monoisotopic (exact) mass is 389 g/mol. The molecule has 0 spiro atoms. The van der Waals surface area contributed by atoms with Gasteiger partial charge in [-0.15, -0.1) is 0 Å². The summed E-state index contributed by atoms with van der Waals surface area (Å²) in [5, 5.41) is 6.36. The lowest BCUT2D eigenvalue weighted by molar-refractivity contribution is -0.120. The number of benzene rings is 2. The summed E-state index contributed by atoms with van der Waals surface area (Å²) in [5.41, 5.74) is 3.65. The number of nitrogens with zero attached hydrogens (tertiary/aromatic N) is 1. The predicted octanol–water partition coefficient (Wildman–Crippen LogP) is 2.34. The van der Waals surface area contributed by atoms with Gasteiger partial charge in [-0.2, -0.15) is 5.10 Å². The minimum atomic E-state index is -0.412. The first-order chi connectivity index (χ1) is 11.6. The molecule has 0 heterocycles. The minimum Gasteiger partial charge on any atom is -0.497 e. The van der Waals surface area contributed by atoms with E-state index in [4.69, 9.17) is 4.74 Å². The van der Waals surface area contributed by atoms with Crippen molar-refractivity contribution in [3.63, 3.8) is 0 Å². The Bertz CT molecular complexity index is 728. The summed E-state index contributed by atoms with van der Waals surface area (Å²) < 4.78 is 5.98. The zero-order chi connectivity index (χ0) is 17.4. The number of hydrogen-bond donors (Lipinski definition) is 2. The SMILES string of the molecule is COc1ccc(C(=O)NCC(=O)N/N=C\c2ccc(Br)cc2)cc1.